The van der Waals surface area contributed by atoms with E-state index in [1.165, 1.54) is 5.01 Å². The van der Waals surface area contributed by atoms with Crippen LogP contribution >= 0.6 is 11.6 Å². The van der Waals surface area contributed by atoms with Crippen LogP contribution in [0.5, 0.6) is 11.5 Å². The second kappa shape index (κ2) is 9.06. The molecule has 5 nitrogen and oxygen atoms in total. The van der Waals surface area contributed by atoms with Crippen LogP contribution in [0.25, 0.3) is 6.08 Å². The molecule has 0 fully saturated rings. The molecule has 0 atom stereocenters. The van der Waals surface area contributed by atoms with Crippen LogP contribution in [0.2, 0.25) is 5.02 Å². The van der Waals surface area contributed by atoms with Gasteiger partial charge in [0.05, 0.1) is 24.1 Å². The van der Waals surface area contributed by atoms with Gasteiger partial charge in [-0.2, -0.15) is 10.1 Å². The number of hydrogen-bond donors (Lipinski definition) is 0. The number of hydrogen-bond acceptors (Lipinski definition) is 4. The predicted molar refractivity (Wildman–Crippen MR) is 124 cm³/mol. The maximum absolute atomic E-state index is 13.0. The van der Waals surface area contributed by atoms with E-state index in [0.29, 0.717) is 40.1 Å². The molecule has 0 bridgehead atoms. The highest BCUT2D eigenvalue weighted by Gasteiger charge is 2.28. The molecule has 0 saturated carbocycles. The second-order valence-corrected chi connectivity index (χ2v) is 7.46. The first-order valence-electron chi connectivity index (χ1n) is 9.77. The number of carbonyl (C=O) groups excluding carboxylic acids is 1. The second-order valence-electron chi connectivity index (χ2n) is 7.02. The molecule has 1 heterocycles. The topological polar surface area (TPSA) is 51.1 Å². The van der Waals surface area contributed by atoms with Crippen molar-refractivity contribution < 1.29 is 14.3 Å². The van der Waals surface area contributed by atoms with E-state index in [2.05, 4.69) is 5.10 Å². The van der Waals surface area contributed by atoms with Crippen molar-refractivity contribution >= 4 is 35.0 Å². The summed E-state index contributed by atoms with van der Waals surface area (Å²) in [6, 6.07) is 22.5. The minimum atomic E-state index is -0.205. The zero-order valence-electron chi connectivity index (χ0n) is 17.2. The largest absolute Gasteiger partial charge is 0.493 e. The highest BCUT2D eigenvalue weighted by Crippen LogP contribution is 2.31. The summed E-state index contributed by atoms with van der Waals surface area (Å²) in [6.45, 7) is 2.25. The molecule has 156 valence electrons. The van der Waals surface area contributed by atoms with E-state index in [1.807, 2.05) is 55.5 Å². The maximum atomic E-state index is 13.0. The third-order valence-electron chi connectivity index (χ3n) is 4.85. The first-order chi connectivity index (χ1) is 15.0. The molecule has 6 heteroatoms. The van der Waals surface area contributed by atoms with Gasteiger partial charge in [0.25, 0.3) is 5.91 Å². The van der Waals surface area contributed by atoms with Crippen molar-refractivity contribution in [2.45, 2.75) is 13.5 Å². The van der Waals surface area contributed by atoms with Crippen LogP contribution in [0.1, 0.15) is 18.1 Å². The van der Waals surface area contributed by atoms with Crippen LogP contribution in [-0.2, 0) is 11.4 Å². The quantitative estimate of drug-likeness (QED) is 0.467. The Kier molecular flexibility index (Phi) is 6.05. The van der Waals surface area contributed by atoms with E-state index in [1.54, 1.807) is 37.5 Å². The van der Waals surface area contributed by atoms with Gasteiger partial charge >= 0.3 is 0 Å². The maximum Gasteiger partial charge on any atom is 0.280 e. The summed E-state index contributed by atoms with van der Waals surface area (Å²) in [4.78, 5) is 13.0. The van der Waals surface area contributed by atoms with Crippen LogP contribution < -0.4 is 14.5 Å². The van der Waals surface area contributed by atoms with Crippen molar-refractivity contribution in [2.24, 2.45) is 5.10 Å². The molecule has 0 aliphatic carbocycles. The number of amides is 1. The number of benzene rings is 3. The standard InChI is InChI=1S/C25H21ClN2O3/c1-17-22(25(29)28(27-17)21-10-6-9-20(26)15-21)13-19-11-12-23(24(14-19)30-2)31-16-18-7-4-3-5-8-18/h3-15H,16H2,1-2H3/b22-13+. The Bertz CT molecular complexity index is 1170. The van der Waals surface area contributed by atoms with Gasteiger partial charge in [0, 0.05) is 5.02 Å². The highest BCUT2D eigenvalue weighted by molar-refractivity contribution is 6.33. The number of methoxy groups -OCH3 is 1. The lowest BCUT2D eigenvalue weighted by atomic mass is 10.1. The molecule has 0 N–H and O–H groups in total. The average Bonchev–Trinajstić information content (AvgIpc) is 3.07. The number of anilines is 1. The van der Waals surface area contributed by atoms with Gasteiger partial charge in [0.2, 0.25) is 0 Å². The summed E-state index contributed by atoms with van der Waals surface area (Å²) in [5.74, 6) is 1.03. The summed E-state index contributed by atoms with van der Waals surface area (Å²) < 4.78 is 11.4. The predicted octanol–water partition coefficient (Wildman–Crippen LogP) is 5.73. The van der Waals surface area contributed by atoms with Crippen molar-refractivity contribution in [3.05, 3.63) is 94.5 Å². The molecule has 0 aromatic heterocycles. The van der Waals surface area contributed by atoms with Crippen molar-refractivity contribution in [1.82, 2.24) is 0 Å². The molecule has 31 heavy (non-hydrogen) atoms. The Morgan fingerprint density at radius 3 is 2.55 bits per heavy atom. The minimum Gasteiger partial charge on any atom is -0.493 e. The van der Waals surface area contributed by atoms with Gasteiger partial charge in [-0.25, -0.2) is 0 Å². The van der Waals surface area contributed by atoms with Gasteiger partial charge in [0.15, 0.2) is 11.5 Å². The monoisotopic (exact) mass is 432 g/mol. The molecule has 0 radical (unpaired) electrons. The molecular weight excluding hydrogens is 412 g/mol. The number of carbonyl (C=O) groups is 1. The SMILES string of the molecule is COc1cc(/C=C2/C(=O)N(c3cccc(Cl)c3)N=C2C)ccc1OCc1ccccc1. The number of hydrazone groups is 1. The Balaban J connectivity index is 1.55. The lowest BCUT2D eigenvalue weighted by molar-refractivity contribution is -0.114. The Morgan fingerprint density at radius 2 is 1.81 bits per heavy atom. The van der Waals surface area contributed by atoms with Gasteiger partial charge in [-0.3, -0.25) is 4.79 Å². The summed E-state index contributed by atoms with van der Waals surface area (Å²) in [5.41, 5.74) is 3.66. The summed E-state index contributed by atoms with van der Waals surface area (Å²) in [5, 5.41) is 6.31. The molecule has 3 aromatic rings. The van der Waals surface area contributed by atoms with Crippen molar-refractivity contribution in [3.63, 3.8) is 0 Å². The number of ether oxygens (including phenoxy) is 2. The molecule has 0 unspecified atom stereocenters. The third kappa shape index (κ3) is 4.62. The zero-order chi connectivity index (χ0) is 21.8. The summed E-state index contributed by atoms with van der Waals surface area (Å²) in [6.07, 6.45) is 1.80. The molecule has 1 aliphatic heterocycles. The van der Waals surface area contributed by atoms with E-state index in [9.17, 15) is 4.79 Å². The fourth-order valence-electron chi connectivity index (χ4n) is 3.26. The van der Waals surface area contributed by atoms with Crippen LogP contribution in [-0.4, -0.2) is 18.7 Å². The van der Waals surface area contributed by atoms with Crippen molar-refractivity contribution in [1.29, 1.82) is 0 Å². The smallest absolute Gasteiger partial charge is 0.280 e. The summed E-state index contributed by atoms with van der Waals surface area (Å²) in [7, 11) is 1.59. The highest BCUT2D eigenvalue weighted by atomic mass is 35.5. The fourth-order valence-corrected chi connectivity index (χ4v) is 3.45. The van der Waals surface area contributed by atoms with E-state index >= 15 is 0 Å². The van der Waals surface area contributed by atoms with Gasteiger partial charge in [-0.15, -0.1) is 0 Å². The van der Waals surface area contributed by atoms with Crippen LogP contribution in [0.3, 0.4) is 0 Å². The van der Waals surface area contributed by atoms with E-state index in [0.717, 1.165) is 11.1 Å². The lowest BCUT2D eigenvalue weighted by Crippen LogP contribution is -2.21. The number of halogens is 1. The fraction of sp³-hybridized carbons (Fsp3) is 0.120. The molecule has 1 aliphatic rings. The molecule has 3 aromatic carbocycles. The van der Waals surface area contributed by atoms with Gasteiger partial charge in [0.1, 0.15) is 6.61 Å². The Hall–Kier alpha value is -3.57. The summed E-state index contributed by atoms with van der Waals surface area (Å²) >= 11 is 6.06. The van der Waals surface area contributed by atoms with E-state index in [-0.39, 0.29) is 5.91 Å². The Morgan fingerprint density at radius 1 is 1.00 bits per heavy atom. The van der Waals surface area contributed by atoms with Crippen molar-refractivity contribution in [3.8, 4) is 11.5 Å². The molecule has 1 amide bonds. The zero-order valence-corrected chi connectivity index (χ0v) is 18.0. The van der Waals surface area contributed by atoms with Crippen LogP contribution in [0, 0.1) is 0 Å². The average molecular weight is 433 g/mol. The van der Waals surface area contributed by atoms with Gasteiger partial charge in [-0.05, 0) is 54.5 Å². The third-order valence-corrected chi connectivity index (χ3v) is 5.09. The lowest BCUT2D eigenvalue weighted by Gasteiger charge is -2.12. The Labute approximate surface area is 186 Å². The first-order valence-corrected chi connectivity index (χ1v) is 10.1. The normalized spacial score (nSPS) is 14.7. The van der Waals surface area contributed by atoms with Crippen LogP contribution in [0.15, 0.2) is 83.5 Å². The van der Waals surface area contributed by atoms with Gasteiger partial charge in [-0.1, -0.05) is 54.1 Å². The van der Waals surface area contributed by atoms with E-state index < -0.39 is 0 Å². The van der Waals surface area contributed by atoms with Crippen molar-refractivity contribution in [2.75, 3.05) is 12.1 Å². The van der Waals surface area contributed by atoms with E-state index in [4.69, 9.17) is 21.1 Å². The number of nitrogens with zero attached hydrogens (tertiary/aromatic N) is 2. The first kappa shape index (κ1) is 20.7. The molecule has 0 saturated heterocycles. The molecule has 4 rings (SSSR count). The van der Waals surface area contributed by atoms with Gasteiger partial charge < -0.3 is 9.47 Å². The number of rotatable bonds is 6. The minimum absolute atomic E-state index is 0.205. The molecular formula is C25H21ClN2O3. The molecule has 0 spiro atoms. The van der Waals surface area contributed by atoms with Crippen LogP contribution in [0.4, 0.5) is 5.69 Å².